The van der Waals surface area contributed by atoms with E-state index in [-0.39, 0.29) is 0 Å². The van der Waals surface area contributed by atoms with Crippen LogP contribution in [0.1, 0.15) is 58.8 Å². The van der Waals surface area contributed by atoms with Crippen LogP contribution in [-0.4, -0.2) is 25.3 Å². The summed E-state index contributed by atoms with van der Waals surface area (Å²) in [6, 6.07) is 0.626. The minimum Gasteiger partial charge on any atom is -0.378 e. The van der Waals surface area contributed by atoms with Gasteiger partial charge in [0.15, 0.2) is 0 Å². The summed E-state index contributed by atoms with van der Waals surface area (Å²) in [5.41, 5.74) is 0.615. The molecule has 0 amide bonds. The van der Waals surface area contributed by atoms with Crippen LogP contribution in [0.5, 0.6) is 0 Å². The third kappa shape index (κ3) is 2.91. The zero-order valence-corrected chi connectivity index (χ0v) is 12.1. The summed E-state index contributed by atoms with van der Waals surface area (Å²) in [7, 11) is 0. The van der Waals surface area contributed by atoms with E-state index in [2.05, 4.69) is 19.2 Å². The van der Waals surface area contributed by atoms with E-state index in [0.717, 1.165) is 18.4 Å². The highest BCUT2D eigenvalue weighted by Crippen LogP contribution is 2.61. The van der Waals surface area contributed by atoms with E-state index >= 15 is 0 Å². The van der Waals surface area contributed by atoms with Crippen molar-refractivity contribution in [1.82, 2.24) is 5.32 Å². The van der Waals surface area contributed by atoms with Crippen molar-refractivity contribution in [2.75, 3.05) is 13.2 Å². The summed E-state index contributed by atoms with van der Waals surface area (Å²) in [6.45, 7) is 6.78. The molecule has 1 saturated heterocycles. The molecule has 1 aliphatic heterocycles. The van der Waals surface area contributed by atoms with Crippen molar-refractivity contribution in [3.63, 3.8) is 0 Å². The minimum absolute atomic E-state index is 0.581. The predicted molar refractivity (Wildman–Crippen MR) is 74.6 cm³/mol. The summed E-state index contributed by atoms with van der Waals surface area (Å²) in [5.74, 6) is 2.17. The van der Waals surface area contributed by atoms with Crippen molar-refractivity contribution in [3.8, 4) is 0 Å². The van der Waals surface area contributed by atoms with Gasteiger partial charge in [0, 0.05) is 19.2 Å². The third-order valence-corrected chi connectivity index (χ3v) is 5.37. The summed E-state index contributed by atoms with van der Waals surface area (Å²) in [6.07, 6.45) is 10.4. The van der Waals surface area contributed by atoms with Crippen molar-refractivity contribution in [2.24, 2.45) is 17.3 Å². The summed E-state index contributed by atoms with van der Waals surface area (Å²) >= 11 is 0. The normalized spacial score (nSPS) is 42.5. The lowest BCUT2D eigenvalue weighted by molar-refractivity contribution is 0.0845. The fourth-order valence-electron chi connectivity index (χ4n) is 4.20. The van der Waals surface area contributed by atoms with E-state index in [1.165, 1.54) is 51.5 Å². The Hall–Kier alpha value is -0.0800. The van der Waals surface area contributed by atoms with Crippen LogP contribution in [0.4, 0.5) is 0 Å². The van der Waals surface area contributed by atoms with Gasteiger partial charge in [-0.15, -0.1) is 0 Å². The smallest absolute Gasteiger partial charge is 0.0576 e. The number of hydrogen-bond donors (Lipinski definition) is 1. The van der Waals surface area contributed by atoms with Crippen LogP contribution >= 0.6 is 0 Å². The van der Waals surface area contributed by atoms with Crippen molar-refractivity contribution >= 4 is 0 Å². The van der Waals surface area contributed by atoms with E-state index in [1.54, 1.807) is 0 Å². The number of hydrogen-bond acceptors (Lipinski definition) is 2. The van der Waals surface area contributed by atoms with Gasteiger partial charge in [0.1, 0.15) is 0 Å². The molecule has 1 N–H and O–H groups in total. The Morgan fingerprint density at radius 3 is 2.67 bits per heavy atom. The van der Waals surface area contributed by atoms with Crippen molar-refractivity contribution in [2.45, 2.75) is 70.9 Å². The molecule has 3 aliphatic rings. The van der Waals surface area contributed by atoms with Gasteiger partial charge in [-0.05, 0) is 62.2 Å². The Kier molecular flexibility index (Phi) is 3.68. The molecule has 2 heteroatoms. The van der Waals surface area contributed by atoms with Crippen LogP contribution in [-0.2, 0) is 4.74 Å². The van der Waals surface area contributed by atoms with Gasteiger partial charge in [-0.2, -0.15) is 0 Å². The molecule has 2 aliphatic carbocycles. The molecule has 0 radical (unpaired) electrons. The topological polar surface area (TPSA) is 21.3 Å². The lowest BCUT2D eigenvalue weighted by atomic mass is 9.77. The van der Waals surface area contributed by atoms with Gasteiger partial charge in [-0.3, -0.25) is 0 Å². The standard InChI is InChI=1S/C16H29NO/c1-12(2)17-11-16(9-13-8-14(13)10-16)6-5-15-4-3-7-18-15/h12-15,17H,3-11H2,1-2H3. The molecule has 3 unspecified atom stereocenters. The summed E-state index contributed by atoms with van der Waals surface area (Å²) in [4.78, 5) is 0. The molecule has 104 valence electrons. The highest BCUT2D eigenvalue weighted by molar-refractivity contribution is 5.04. The average Bonchev–Trinajstić information content (AvgIpc) is 2.83. The molecule has 3 rings (SSSR count). The molecule has 3 fully saturated rings. The first-order valence-corrected chi connectivity index (χ1v) is 8.02. The second-order valence-corrected chi connectivity index (χ2v) is 7.37. The highest BCUT2D eigenvalue weighted by atomic mass is 16.5. The van der Waals surface area contributed by atoms with Crippen LogP contribution in [0.3, 0.4) is 0 Å². The SMILES string of the molecule is CC(C)NCC1(CCC2CCCO2)CC2CC2C1. The lowest BCUT2D eigenvalue weighted by Crippen LogP contribution is -2.37. The van der Waals surface area contributed by atoms with Crippen LogP contribution in [0.15, 0.2) is 0 Å². The van der Waals surface area contributed by atoms with E-state index in [0.29, 0.717) is 17.6 Å². The first-order chi connectivity index (χ1) is 8.67. The van der Waals surface area contributed by atoms with Gasteiger partial charge in [0.2, 0.25) is 0 Å². The Labute approximate surface area is 112 Å². The van der Waals surface area contributed by atoms with Gasteiger partial charge >= 0.3 is 0 Å². The molecule has 2 saturated carbocycles. The van der Waals surface area contributed by atoms with E-state index < -0.39 is 0 Å². The quantitative estimate of drug-likeness (QED) is 0.781. The second kappa shape index (κ2) is 5.13. The van der Waals surface area contributed by atoms with Gasteiger partial charge in [-0.25, -0.2) is 0 Å². The lowest BCUT2D eigenvalue weighted by Gasteiger charge is -2.33. The van der Waals surface area contributed by atoms with E-state index in [4.69, 9.17) is 4.74 Å². The van der Waals surface area contributed by atoms with Crippen molar-refractivity contribution in [1.29, 1.82) is 0 Å². The number of rotatable bonds is 6. The Bertz CT molecular complexity index is 273. The van der Waals surface area contributed by atoms with Gasteiger partial charge in [-0.1, -0.05) is 13.8 Å². The Balaban J connectivity index is 1.52. The largest absolute Gasteiger partial charge is 0.378 e. The van der Waals surface area contributed by atoms with Gasteiger partial charge in [0.05, 0.1) is 6.10 Å². The van der Waals surface area contributed by atoms with Crippen LogP contribution < -0.4 is 5.32 Å². The zero-order valence-electron chi connectivity index (χ0n) is 12.1. The molecule has 0 spiro atoms. The highest BCUT2D eigenvalue weighted by Gasteiger charge is 2.53. The third-order valence-electron chi connectivity index (χ3n) is 5.37. The summed E-state index contributed by atoms with van der Waals surface area (Å²) < 4.78 is 5.80. The maximum atomic E-state index is 5.80. The monoisotopic (exact) mass is 251 g/mol. The van der Waals surface area contributed by atoms with Crippen molar-refractivity contribution < 1.29 is 4.74 Å². The van der Waals surface area contributed by atoms with Gasteiger partial charge < -0.3 is 10.1 Å². The Morgan fingerprint density at radius 2 is 2.06 bits per heavy atom. The number of ether oxygens (including phenoxy) is 1. The molecular weight excluding hydrogens is 222 g/mol. The minimum atomic E-state index is 0.581. The second-order valence-electron chi connectivity index (χ2n) is 7.37. The molecule has 0 aromatic carbocycles. The molecule has 3 atom stereocenters. The average molecular weight is 251 g/mol. The van der Waals surface area contributed by atoms with E-state index in [1.807, 2.05) is 0 Å². The maximum Gasteiger partial charge on any atom is 0.0576 e. The van der Waals surface area contributed by atoms with Crippen LogP contribution in [0.25, 0.3) is 0 Å². The first kappa shape index (κ1) is 12.9. The molecule has 2 nitrogen and oxygen atoms in total. The molecule has 0 aromatic heterocycles. The predicted octanol–water partition coefficient (Wildman–Crippen LogP) is 3.36. The molecular formula is C16H29NO. The molecule has 18 heavy (non-hydrogen) atoms. The molecule has 0 aromatic rings. The number of nitrogens with one attached hydrogen (secondary N) is 1. The maximum absolute atomic E-state index is 5.80. The van der Waals surface area contributed by atoms with Crippen LogP contribution in [0.2, 0.25) is 0 Å². The Morgan fingerprint density at radius 1 is 1.28 bits per heavy atom. The summed E-state index contributed by atoms with van der Waals surface area (Å²) in [5, 5.41) is 3.70. The number of fused-ring (bicyclic) bond motifs is 1. The first-order valence-electron chi connectivity index (χ1n) is 8.02. The van der Waals surface area contributed by atoms with Gasteiger partial charge in [0.25, 0.3) is 0 Å². The zero-order chi connectivity index (χ0) is 12.6. The fraction of sp³-hybridized carbons (Fsp3) is 1.00. The van der Waals surface area contributed by atoms with Crippen LogP contribution in [0, 0.1) is 17.3 Å². The van der Waals surface area contributed by atoms with E-state index in [9.17, 15) is 0 Å². The fourth-order valence-corrected chi connectivity index (χ4v) is 4.20. The molecule has 1 heterocycles. The van der Waals surface area contributed by atoms with Crippen molar-refractivity contribution in [3.05, 3.63) is 0 Å². The molecule has 0 bridgehead atoms.